The van der Waals surface area contributed by atoms with E-state index in [0.717, 1.165) is 56.6 Å². The fourth-order valence-electron chi connectivity index (χ4n) is 3.81. The second kappa shape index (κ2) is 13.8. The maximum Gasteiger partial charge on any atom is 0.225 e. The van der Waals surface area contributed by atoms with Crippen molar-refractivity contribution in [3.63, 3.8) is 0 Å². The molecular weight excluding hydrogens is 493 g/mol. The van der Waals surface area contributed by atoms with Gasteiger partial charge < -0.3 is 20.7 Å². The van der Waals surface area contributed by atoms with Crippen LogP contribution in [0.25, 0.3) is 0 Å². The fraction of sp³-hybridized carbons (Fsp3) is 0.636. The molecule has 0 aromatic heterocycles. The Hall–Kier alpha value is -1.39. The number of morpholine rings is 1. The Bertz CT molecular complexity index is 673. The minimum absolute atomic E-state index is 0. The molecule has 168 valence electrons. The van der Waals surface area contributed by atoms with Gasteiger partial charge in [-0.1, -0.05) is 25.0 Å². The highest BCUT2D eigenvalue weighted by molar-refractivity contribution is 14.0. The van der Waals surface area contributed by atoms with Crippen LogP contribution in [0, 0.1) is 0 Å². The van der Waals surface area contributed by atoms with Crippen molar-refractivity contribution in [2.45, 2.75) is 51.6 Å². The molecule has 2 aliphatic rings. The number of rotatable bonds is 8. The van der Waals surface area contributed by atoms with E-state index in [2.05, 4.69) is 27.8 Å². The summed E-state index contributed by atoms with van der Waals surface area (Å²) in [4.78, 5) is 19.3. The number of carbonyl (C=O) groups is 1. The maximum absolute atomic E-state index is 12.3. The standard InChI is InChI=1S/C22H35N5O2.HI/c1-2-23-22(26-19-7-3-4-8-19)24-17-18-6-5-9-20(16-18)25-21(28)10-11-27-12-14-29-15-13-27;/h5-6,9,16,19H,2-4,7-8,10-15,17H2,1H3,(H,25,28)(H2,23,24,26);1H. The minimum Gasteiger partial charge on any atom is -0.379 e. The summed E-state index contributed by atoms with van der Waals surface area (Å²) in [6.45, 7) is 7.62. The van der Waals surface area contributed by atoms with Gasteiger partial charge in [-0.2, -0.15) is 0 Å². The molecule has 1 saturated heterocycles. The first kappa shape index (κ1) is 24.9. The quantitative estimate of drug-likeness (QED) is 0.274. The largest absolute Gasteiger partial charge is 0.379 e. The van der Waals surface area contributed by atoms with E-state index in [9.17, 15) is 4.79 Å². The van der Waals surface area contributed by atoms with Crippen LogP contribution in [-0.4, -0.2) is 62.2 Å². The molecule has 30 heavy (non-hydrogen) atoms. The average molecular weight is 529 g/mol. The summed E-state index contributed by atoms with van der Waals surface area (Å²) in [5, 5.41) is 9.88. The van der Waals surface area contributed by atoms with Crippen molar-refractivity contribution in [3.05, 3.63) is 29.8 Å². The number of nitrogens with zero attached hydrogens (tertiary/aromatic N) is 2. The summed E-state index contributed by atoms with van der Waals surface area (Å²) in [5.41, 5.74) is 1.91. The summed E-state index contributed by atoms with van der Waals surface area (Å²) in [6, 6.07) is 8.49. The van der Waals surface area contributed by atoms with E-state index >= 15 is 0 Å². The van der Waals surface area contributed by atoms with Gasteiger partial charge in [-0.05, 0) is 37.5 Å². The molecule has 0 spiro atoms. The molecule has 1 heterocycles. The van der Waals surface area contributed by atoms with E-state index in [4.69, 9.17) is 9.73 Å². The molecule has 2 fully saturated rings. The van der Waals surface area contributed by atoms with Crippen LogP contribution in [-0.2, 0) is 16.1 Å². The number of hydrogen-bond donors (Lipinski definition) is 3. The number of ether oxygens (including phenoxy) is 1. The van der Waals surface area contributed by atoms with Crippen LogP contribution < -0.4 is 16.0 Å². The van der Waals surface area contributed by atoms with Crippen LogP contribution in [0.15, 0.2) is 29.3 Å². The van der Waals surface area contributed by atoms with Crippen molar-refractivity contribution in [2.75, 3.05) is 44.7 Å². The lowest BCUT2D eigenvalue weighted by Gasteiger charge is -2.26. The first-order chi connectivity index (χ1) is 14.2. The van der Waals surface area contributed by atoms with Crippen molar-refractivity contribution >= 4 is 41.5 Å². The molecular formula is C22H36IN5O2. The average Bonchev–Trinajstić information content (AvgIpc) is 3.25. The van der Waals surface area contributed by atoms with E-state index < -0.39 is 0 Å². The highest BCUT2D eigenvalue weighted by atomic mass is 127. The Labute approximate surface area is 197 Å². The highest BCUT2D eigenvalue weighted by Gasteiger charge is 2.16. The van der Waals surface area contributed by atoms with Gasteiger partial charge in [0.1, 0.15) is 0 Å². The third-order valence-corrected chi connectivity index (χ3v) is 5.43. The van der Waals surface area contributed by atoms with Gasteiger partial charge in [0, 0.05) is 44.3 Å². The van der Waals surface area contributed by atoms with Crippen molar-refractivity contribution < 1.29 is 9.53 Å². The molecule has 1 saturated carbocycles. The molecule has 1 aromatic rings. The smallest absolute Gasteiger partial charge is 0.225 e. The van der Waals surface area contributed by atoms with Crippen molar-refractivity contribution in [1.29, 1.82) is 0 Å². The van der Waals surface area contributed by atoms with Crippen LogP contribution in [0.5, 0.6) is 0 Å². The number of amides is 1. The number of halogens is 1. The van der Waals surface area contributed by atoms with Crippen LogP contribution in [0.3, 0.4) is 0 Å². The van der Waals surface area contributed by atoms with Crippen LogP contribution >= 0.6 is 24.0 Å². The molecule has 1 aliphatic heterocycles. The number of guanidine groups is 1. The number of carbonyl (C=O) groups excluding carboxylic acids is 1. The molecule has 3 rings (SSSR count). The van der Waals surface area contributed by atoms with Crippen molar-refractivity contribution in [3.8, 4) is 0 Å². The van der Waals surface area contributed by atoms with Gasteiger partial charge in [-0.3, -0.25) is 9.69 Å². The van der Waals surface area contributed by atoms with Gasteiger partial charge in [0.25, 0.3) is 0 Å². The zero-order valence-electron chi connectivity index (χ0n) is 18.0. The summed E-state index contributed by atoms with van der Waals surface area (Å²) >= 11 is 0. The first-order valence-corrected chi connectivity index (χ1v) is 11.0. The van der Waals surface area contributed by atoms with E-state index in [1.807, 2.05) is 24.3 Å². The van der Waals surface area contributed by atoms with E-state index in [0.29, 0.717) is 19.0 Å². The second-order valence-electron chi connectivity index (χ2n) is 7.77. The molecule has 1 amide bonds. The third-order valence-electron chi connectivity index (χ3n) is 5.43. The zero-order chi connectivity index (χ0) is 20.3. The molecule has 8 heteroatoms. The van der Waals surface area contributed by atoms with Gasteiger partial charge in [0.05, 0.1) is 19.8 Å². The van der Waals surface area contributed by atoms with Gasteiger partial charge in [-0.15, -0.1) is 24.0 Å². The van der Waals surface area contributed by atoms with Crippen molar-refractivity contribution in [1.82, 2.24) is 15.5 Å². The highest BCUT2D eigenvalue weighted by Crippen LogP contribution is 2.17. The monoisotopic (exact) mass is 529 g/mol. The topological polar surface area (TPSA) is 78.0 Å². The number of benzene rings is 1. The fourth-order valence-corrected chi connectivity index (χ4v) is 3.81. The number of anilines is 1. The molecule has 0 atom stereocenters. The Morgan fingerprint density at radius 1 is 1.23 bits per heavy atom. The minimum atomic E-state index is 0. The lowest BCUT2D eigenvalue weighted by atomic mass is 10.2. The maximum atomic E-state index is 12.3. The lowest BCUT2D eigenvalue weighted by Crippen LogP contribution is -2.42. The lowest BCUT2D eigenvalue weighted by molar-refractivity contribution is -0.116. The molecule has 1 aliphatic carbocycles. The summed E-state index contributed by atoms with van der Waals surface area (Å²) < 4.78 is 5.35. The molecule has 0 unspecified atom stereocenters. The first-order valence-electron chi connectivity index (χ1n) is 11.0. The van der Waals surface area contributed by atoms with Gasteiger partial charge >= 0.3 is 0 Å². The van der Waals surface area contributed by atoms with Gasteiger partial charge in [0.15, 0.2) is 5.96 Å². The van der Waals surface area contributed by atoms with E-state index in [1.165, 1.54) is 25.7 Å². The summed E-state index contributed by atoms with van der Waals surface area (Å²) in [7, 11) is 0. The van der Waals surface area contributed by atoms with Crippen LogP contribution in [0.4, 0.5) is 5.69 Å². The van der Waals surface area contributed by atoms with Crippen LogP contribution in [0.1, 0.15) is 44.6 Å². The Kier molecular flexibility index (Phi) is 11.5. The molecule has 3 N–H and O–H groups in total. The summed E-state index contributed by atoms with van der Waals surface area (Å²) in [5.74, 6) is 0.924. The second-order valence-corrected chi connectivity index (χ2v) is 7.77. The van der Waals surface area contributed by atoms with Gasteiger partial charge in [0.2, 0.25) is 5.91 Å². The van der Waals surface area contributed by atoms with Crippen LogP contribution in [0.2, 0.25) is 0 Å². The zero-order valence-corrected chi connectivity index (χ0v) is 20.3. The van der Waals surface area contributed by atoms with E-state index in [1.54, 1.807) is 0 Å². The molecule has 0 bridgehead atoms. The molecule has 0 radical (unpaired) electrons. The normalized spacial score (nSPS) is 18.0. The predicted molar refractivity (Wildman–Crippen MR) is 133 cm³/mol. The third kappa shape index (κ3) is 8.77. The number of hydrogen-bond acceptors (Lipinski definition) is 4. The van der Waals surface area contributed by atoms with Crippen molar-refractivity contribution in [2.24, 2.45) is 4.99 Å². The van der Waals surface area contributed by atoms with E-state index in [-0.39, 0.29) is 29.9 Å². The Balaban J connectivity index is 0.00000320. The Morgan fingerprint density at radius 3 is 2.73 bits per heavy atom. The summed E-state index contributed by atoms with van der Waals surface area (Å²) in [6.07, 6.45) is 5.53. The number of aliphatic imine (C=N–C) groups is 1. The Morgan fingerprint density at radius 2 is 2.00 bits per heavy atom. The molecule has 1 aromatic carbocycles. The molecule has 7 nitrogen and oxygen atoms in total. The number of nitrogens with one attached hydrogen (secondary N) is 3. The predicted octanol–water partition coefficient (Wildman–Crippen LogP) is 2.96. The SMILES string of the molecule is CCNC(=NCc1cccc(NC(=O)CCN2CCOCC2)c1)NC1CCCC1.I. The van der Waals surface area contributed by atoms with Gasteiger partial charge in [-0.25, -0.2) is 4.99 Å².